The van der Waals surface area contributed by atoms with Crippen LogP contribution >= 0.6 is 35.7 Å². The van der Waals surface area contributed by atoms with E-state index >= 15 is 0 Å². The Kier molecular flexibility index (Phi) is 10.5. The molecule has 0 bridgehead atoms. The van der Waals surface area contributed by atoms with Crippen molar-refractivity contribution in [1.29, 1.82) is 0 Å². The summed E-state index contributed by atoms with van der Waals surface area (Å²) in [4.78, 5) is 22.6. The van der Waals surface area contributed by atoms with Gasteiger partial charge in [-0.15, -0.1) is 24.0 Å². The van der Waals surface area contributed by atoms with Crippen LogP contribution in [-0.4, -0.2) is 97.0 Å². The van der Waals surface area contributed by atoms with Crippen LogP contribution in [0.4, 0.5) is 0 Å². The first-order chi connectivity index (χ1) is 11.5. The Bertz CT molecular complexity index is 441. The molecule has 2 saturated heterocycles. The van der Waals surface area contributed by atoms with Gasteiger partial charge in [-0.05, 0) is 5.92 Å². The highest BCUT2D eigenvalue weighted by Crippen LogP contribution is 2.24. The zero-order valence-corrected chi connectivity index (χ0v) is 19.2. The smallest absolute Gasteiger partial charge is 0.219 e. The van der Waals surface area contributed by atoms with E-state index in [0.717, 1.165) is 58.3 Å². The Labute approximate surface area is 174 Å². The van der Waals surface area contributed by atoms with Crippen molar-refractivity contribution in [2.75, 3.05) is 65.2 Å². The number of carbonyl (C=O) groups is 1. The average molecular weight is 483 g/mol. The van der Waals surface area contributed by atoms with E-state index in [0.29, 0.717) is 11.2 Å². The lowest BCUT2D eigenvalue weighted by Gasteiger charge is -2.37. The predicted molar refractivity (Wildman–Crippen MR) is 118 cm³/mol. The van der Waals surface area contributed by atoms with Crippen LogP contribution in [0.15, 0.2) is 4.99 Å². The molecule has 2 heterocycles. The van der Waals surface area contributed by atoms with Crippen molar-refractivity contribution in [1.82, 2.24) is 20.0 Å². The molecule has 25 heavy (non-hydrogen) atoms. The second-order valence-electron chi connectivity index (χ2n) is 6.92. The van der Waals surface area contributed by atoms with Crippen molar-refractivity contribution in [2.45, 2.75) is 26.0 Å². The lowest BCUT2D eigenvalue weighted by Crippen LogP contribution is -2.52. The molecule has 2 aliphatic heterocycles. The van der Waals surface area contributed by atoms with Gasteiger partial charge in [0.15, 0.2) is 5.96 Å². The Morgan fingerprint density at radius 1 is 1.20 bits per heavy atom. The number of amides is 1. The minimum Gasteiger partial charge on any atom is -0.355 e. The van der Waals surface area contributed by atoms with Gasteiger partial charge in [-0.25, -0.2) is 0 Å². The Morgan fingerprint density at radius 2 is 1.88 bits per heavy atom. The highest BCUT2D eigenvalue weighted by molar-refractivity contribution is 14.0. The first-order valence-electron chi connectivity index (χ1n) is 9.06. The Morgan fingerprint density at radius 3 is 2.44 bits per heavy atom. The van der Waals surface area contributed by atoms with Crippen molar-refractivity contribution < 1.29 is 4.79 Å². The minimum absolute atomic E-state index is 0. The van der Waals surface area contributed by atoms with Crippen molar-refractivity contribution in [3.63, 3.8) is 0 Å². The molecule has 1 amide bonds. The lowest BCUT2D eigenvalue weighted by atomic mass is 10.1. The largest absolute Gasteiger partial charge is 0.355 e. The number of aliphatic imine (C=N–C) groups is 1. The van der Waals surface area contributed by atoms with Gasteiger partial charge in [0, 0.05) is 77.3 Å². The molecule has 0 aromatic carbocycles. The Balaban J connectivity index is 0.00000312. The number of nitrogens with zero attached hydrogens (tertiary/aromatic N) is 4. The summed E-state index contributed by atoms with van der Waals surface area (Å²) in [6.07, 6.45) is 0. The number of hydrogen-bond acceptors (Lipinski definition) is 4. The zero-order chi connectivity index (χ0) is 17.5. The SMILES string of the molecule is CN=C(NCCN1CCN(C(C)=O)CC1)N1CCSC(C(C)C)C1.I. The number of carbonyl (C=O) groups excluding carboxylic acids is 1. The highest BCUT2D eigenvalue weighted by Gasteiger charge is 2.25. The van der Waals surface area contributed by atoms with E-state index < -0.39 is 0 Å². The molecule has 8 heteroatoms. The molecular weight excluding hydrogens is 449 g/mol. The summed E-state index contributed by atoms with van der Waals surface area (Å²) in [6, 6.07) is 0. The van der Waals surface area contributed by atoms with Crippen molar-refractivity contribution in [3.8, 4) is 0 Å². The summed E-state index contributed by atoms with van der Waals surface area (Å²) in [5.41, 5.74) is 0. The summed E-state index contributed by atoms with van der Waals surface area (Å²) >= 11 is 2.09. The summed E-state index contributed by atoms with van der Waals surface area (Å²) in [5.74, 6) is 3.10. The first-order valence-corrected chi connectivity index (χ1v) is 10.1. The van der Waals surface area contributed by atoms with Gasteiger partial charge in [-0.3, -0.25) is 14.7 Å². The molecule has 146 valence electrons. The van der Waals surface area contributed by atoms with E-state index in [2.05, 4.69) is 45.7 Å². The number of nitrogens with one attached hydrogen (secondary N) is 1. The Hall–Kier alpha value is -0.220. The fourth-order valence-electron chi connectivity index (χ4n) is 3.22. The zero-order valence-electron chi connectivity index (χ0n) is 16.0. The second-order valence-corrected chi connectivity index (χ2v) is 8.27. The molecule has 2 fully saturated rings. The van der Waals surface area contributed by atoms with Crippen molar-refractivity contribution in [3.05, 3.63) is 0 Å². The van der Waals surface area contributed by atoms with E-state index in [9.17, 15) is 4.79 Å². The van der Waals surface area contributed by atoms with Crippen LogP contribution in [0.25, 0.3) is 0 Å². The molecule has 0 aromatic rings. The summed E-state index contributed by atoms with van der Waals surface area (Å²) in [6.45, 7) is 14.0. The molecule has 1 atom stereocenters. The van der Waals surface area contributed by atoms with Crippen LogP contribution in [0.3, 0.4) is 0 Å². The van der Waals surface area contributed by atoms with Gasteiger partial charge >= 0.3 is 0 Å². The van der Waals surface area contributed by atoms with Crippen LogP contribution in [0, 0.1) is 5.92 Å². The lowest BCUT2D eigenvalue weighted by molar-refractivity contribution is -0.130. The maximum Gasteiger partial charge on any atom is 0.219 e. The fraction of sp³-hybridized carbons (Fsp3) is 0.882. The van der Waals surface area contributed by atoms with Crippen LogP contribution in [0.5, 0.6) is 0 Å². The van der Waals surface area contributed by atoms with E-state index in [1.165, 1.54) is 5.75 Å². The van der Waals surface area contributed by atoms with Crippen LogP contribution < -0.4 is 5.32 Å². The predicted octanol–water partition coefficient (Wildman–Crippen LogP) is 1.42. The van der Waals surface area contributed by atoms with E-state index in [1.807, 2.05) is 11.9 Å². The molecule has 6 nitrogen and oxygen atoms in total. The number of thioether (sulfide) groups is 1. The topological polar surface area (TPSA) is 51.2 Å². The van der Waals surface area contributed by atoms with Crippen LogP contribution in [0.2, 0.25) is 0 Å². The van der Waals surface area contributed by atoms with E-state index in [-0.39, 0.29) is 29.9 Å². The molecule has 0 aliphatic carbocycles. The maximum atomic E-state index is 11.4. The standard InChI is InChI=1S/C17H33N5OS.HI/c1-14(2)16-13-22(11-12-24-16)17(18-4)19-5-6-20-7-9-21(10-8-20)15(3)23;/h14,16H,5-13H2,1-4H3,(H,18,19);1H. The molecule has 0 radical (unpaired) electrons. The van der Waals surface area contributed by atoms with Gasteiger partial charge in [-0.2, -0.15) is 11.8 Å². The van der Waals surface area contributed by atoms with Gasteiger partial charge in [0.25, 0.3) is 0 Å². The number of guanidine groups is 1. The van der Waals surface area contributed by atoms with Crippen molar-refractivity contribution >= 4 is 47.6 Å². The highest BCUT2D eigenvalue weighted by atomic mass is 127. The summed E-state index contributed by atoms with van der Waals surface area (Å²) in [5, 5.41) is 4.22. The van der Waals surface area contributed by atoms with Gasteiger partial charge in [-0.1, -0.05) is 13.8 Å². The van der Waals surface area contributed by atoms with Gasteiger partial charge in [0.05, 0.1) is 0 Å². The second kappa shape index (κ2) is 11.5. The third-order valence-electron chi connectivity index (χ3n) is 4.88. The van der Waals surface area contributed by atoms with Crippen LogP contribution in [0.1, 0.15) is 20.8 Å². The third-order valence-corrected chi connectivity index (χ3v) is 6.42. The first kappa shape index (κ1) is 22.8. The molecule has 1 unspecified atom stereocenters. The average Bonchev–Trinajstić information content (AvgIpc) is 2.59. The number of halogens is 1. The molecule has 0 saturated carbocycles. The summed E-state index contributed by atoms with van der Waals surface area (Å²) in [7, 11) is 1.88. The molecular formula is C17H34IN5OS. The summed E-state index contributed by atoms with van der Waals surface area (Å²) < 4.78 is 0. The van der Waals surface area contributed by atoms with Gasteiger partial charge in [0.2, 0.25) is 5.91 Å². The third kappa shape index (κ3) is 7.13. The van der Waals surface area contributed by atoms with Gasteiger partial charge in [0.1, 0.15) is 0 Å². The number of piperazine rings is 1. The molecule has 0 spiro atoms. The minimum atomic E-state index is 0. The number of rotatable bonds is 4. The maximum absolute atomic E-state index is 11.4. The molecule has 2 rings (SSSR count). The quantitative estimate of drug-likeness (QED) is 0.373. The molecule has 0 aromatic heterocycles. The normalized spacial score (nSPS) is 22.8. The van der Waals surface area contributed by atoms with Crippen molar-refractivity contribution in [2.24, 2.45) is 10.9 Å². The van der Waals surface area contributed by atoms with E-state index in [4.69, 9.17) is 0 Å². The van der Waals surface area contributed by atoms with Crippen LogP contribution in [-0.2, 0) is 4.79 Å². The molecule has 2 aliphatic rings. The molecule has 1 N–H and O–H groups in total. The van der Waals surface area contributed by atoms with Gasteiger partial charge < -0.3 is 15.1 Å². The number of hydrogen-bond donors (Lipinski definition) is 1. The monoisotopic (exact) mass is 483 g/mol. The van der Waals surface area contributed by atoms with E-state index in [1.54, 1.807) is 6.92 Å². The fourth-order valence-corrected chi connectivity index (χ4v) is 4.51.